The Hall–Kier alpha value is -1.75. The fourth-order valence-electron chi connectivity index (χ4n) is 1.55. The normalized spacial score (nSPS) is 11.5. The zero-order valence-corrected chi connectivity index (χ0v) is 12.8. The molecule has 1 rings (SSSR count). The van der Waals surface area contributed by atoms with Gasteiger partial charge in [-0.1, -0.05) is 37.3 Å². The third-order valence-corrected chi connectivity index (χ3v) is 2.96. The number of ether oxygens (including phenoxy) is 2. The van der Waals surface area contributed by atoms with E-state index in [1.807, 2.05) is 37.3 Å². The molecule has 1 amide bonds. The number of hydrogen-bond acceptors (Lipinski definition) is 4. The Morgan fingerprint density at radius 3 is 2.62 bits per heavy atom. The first-order valence-corrected chi connectivity index (χ1v) is 7.39. The van der Waals surface area contributed by atoms with Crippen LogP contribution in [0.3, 0.4) is 0 Å². The van der Waals surface area contributed by atoms with E-state index in [4.69, 9.17) is 21.1 Å². The molecule has 0 fully saturated rings. The van der Waals surface area contributed by atoms with E-state index in [9.17, 15) is 9.59 Å². The van der Waals surface area contributed by atoms with Crippen molar-refractivity contribution in [3.63, 3.8) is 0 Å². The maximum absolute atomic E-state index is 11.5. The number of halogens is 1. The molecule has 0 radical (unpaired) electrons. The van der Waals surface area contributed by atoms with E-state index in [2.05, 4.69) is 5.32 Å². The van der Waals surface area contributed by atoms with Gasteiger partial charge in [0.15, 0.2) is 0 Å². The molecule has 21 heavy (non-hydrogen) atoms. The minimum Gasteiger partial charge on any atom is -0.459 e. The summed E-state index contributed by atoms with van der Waals surface area (Å²) < 4.78 is 10.2. The lowest BCUT2D eigenvalue weighted by atomic mass is 10.2. The van der Waals surface area contributed by atoms with Crippen LogP contribution in [0, 0.1) is 0 Å². The molecule has 1 atom stereocenters. The Bertz CT molecular complexity index is 439. The topological polar surface area (TPSA) is 64.6 Å². The molecular weight excluding hydrogens is 294 g/mol. The van der Waals surface area contributed by atoms with Gasteiger partial charge in [-0.2, -0.15) is 0 Å². The Labute approximate surface area is 129 Å². The number of alkyl halides is 1. The van der Waals surface area contributed by atoms with Gasteiger partial charge in [-0.15, -0.1) is 11.6 Å². The van der Waals surface area contributed by atoms with E-state index in [-0.39, 0.29) is 25.0 Å². The van der Waals surface area contributed by atoms with E-state index in [0.29, 0.717) is 12.8 Å². The summed E-state index contributed by atoms with van der Waals surface area (Å²) in [5, 5.41) is 2.53. The van der Waals surface area contributed by atoms with E-state index >= 15 is 0 Å². The maximum atomic E-state index is 11.5. The predicted molar refractivity (Wildman–Crippen MR) is 80.1 cm³/mol. The Morgan fingerprint density at radius 1 is 1.29 bits per heavy atom. The van der Waals surface area contributed by atoms with E-state index in [0.717, 1.165) is 5.56 Å². The number of hydrogen-bond donors (Lipinski definition) is 1. The molecule has 0 aliphatic carbocycles. The van der Waals surface area contributed by atoms with Gasteiger partial charge in [-0.05, 0) is 12.0 Å². The largest absolute Gasteiger partial charge is 0.459 e. The molecule has 0 bridgehead atoms. The van der Waals surface area contributed by atoms with Crippen LogP contribution in [0.1, 0.15) is 25.3 Å². The predicted octanol–water partition coefficient (Wildman–Crippen LogP) is 2.86. The summed E-state index contributed by atoms with van der Waals surface area (Å²) in [6, 6.07) is 9.35. The quantitative estimate of drug-likeness (QED) is 0.592. The fraction of sp³-hybridized carbons (Fsp3) is 0.467. The minimum atomic E-state index is -0.569. The molecule has 0 heterocycles. The van der Waals surface area contributed by atoms with Crippen molar-refractivity contribution in [1.29, 1.82) is 0 Å². The van der Waals surface area contributed by atoms with Crippen molar-refractivity contribution in [3.05, 3.63) is 35.9 Å². The van der Waals surface area contributed by atoms with Gasteiger partial charge < -0.3 is 14.8 Å². The number of carbonyl (C=O) groups excluding carboxylic acids is 2. The van der Waals surface area contributed by atoms with Crippen LogP contribution in [0.5, 0.6) is 0 Å². The van der Waals surface area contributed by atoms with Crippen molar-refractivity contribution in [2.75, 3.05) is 12.4 Å². The van der Waals surface area contributed by atoms with Crippen LogP contribution in [0.4, 0.5) is 4.79 Å². The summed E-state index contributed by atoms with van der Waals surface area (Å²) in [5.41, 5.74) is 0.899. The molecule has 1 aromatic carbocycles. The number of rotatable bonds is 8. The van der Waals surface area contributed by atoms with Gasteiger partial charge in [-0.25, -0.2) is 4.79 Å². The molecule has 6 heteroatoms. The molecule has 0 saturated heterocycles. The van der Waals surface area contributed by atoms with Crippen molar-refractivity contribution in [2.24, 2.45) is 0 Å². The monoisotopic (exact) mass is 313 g/mol. The molecule has 116 valence electrons. The van der Waals surface area contributed by atoms with Crippen molar-refractivity contribution in [1.82, 2.24) is 5.32 Å². The van der Waals surface area contributed by atoms with E-state index < -0.39 is 12.2 Å². The van der Waals surface area contributed by atoms with Crippen LogP contribution in [0.25, 0.3) is 0 Å². The first kappa shape index (κ1) is 17.3. The van der Waals surface area contributed by atoms with Crippen molar-refractivity contribution in [2.45, 2.75) is 32.5 Å². The van der Waals surface area contributed by atoms with Gasteiger partial charge in [0.2, 0.25) is 0 Å². The molecule has 0 aliphatic heterocycles. The Balaban J connectivity index is 2.25. The van der Waals surface area contributed by atoms with E-state index in [1.165, 1.54) is 0 Å². The van der Waals surface area contributed by atoms with Crippen LogP contribution in [-0.2, 0) is 20.9 Å². The number of nitrogens with one attached hydrogen (secondary N) is 1. The SMILES string of the molecule is CCCC(=O)O[C@H](CCl)CNC(=O)OCc1ccccc1. The summed E-state index contributed by atoms with van der Waals surface area (Å²) in [6.07, 6.45) is -0.0674. The first-order valence-electron chi connectivity index (χ1n) is 6.85. The first-order chi connectivity index (χ1) is 10.2. The number of carbonyl (C=O) groups is 2. The smallest absolute Gasteiger partial charge is 0.407 e. The van der Waals surface area contributed by atoms with Gasteiger partial charge >= 0.3 is 12.1 Å². The number of esters is 1. The van der Waals surface area contributed by atoms with Gasteiger partial charge in [0.1, 0.15) is 12.7 Å². The number of benzene rings is 1. The third kappa shape index (κ3) is 7.56. The van der Waals surface area contributed by atoms with Crippen LogP contribution in [-0.4, -0.2) is 30.6 Å². The van der Waals surface area contributed by atoms with Gasteiger partial charge in [0.05, 0.1) is 12.4 Å². The Morgan fingerprint density at radius 2 is 2.00 bits per heavy atom. The summed E-state index contributed by atoms with van der Waals surface area (Å²) in [7, 11) is 0. The third-order valence-electron chi connectivity index (χ3n) is 2.61. The second-order valence-electron chi connectivity index (χ2n) is 4.46. The molecule has 0 saturated carbocycles. The fourth-order valence-corrected chi connectivity index (χ4v) is 1.72. The Kier molecular flexibility index (Phi) is 8.28. The summed E-state index contributed by atoms with van der Waals surface area (Å²) in [5.74, 6) is -0.198. The molecule has 1 N–H and O–H groups in total. The van der Waals surface area contributed by atoms with Crippen molar-refractivity contribution >= 4 is 23.7 Å². The second kappa shape index (κ2) is 10.0. The van der Waals surface area contributed by atoms with Crippen molar-refractivity contribution in [3.8, 4) is 0 Å². The van der Waals surface area contributed by atoms with Gasteiger partial charge in [-0.3, -0.25) is 4.79 Å². The lowest BCUT2D eigenvalue weighted by Gasteiger charge is -2.15. The van der Waals surface area contributed by atoms with E-state index in [1.54, 1.807) is 0 Å². The second-order valence-corrected chi connectivity index (χ2v) is 4.77. The van der Waals surface area contributed by atoms with Crippen LogP contribution >= 0.6 is 11.6 Å². The molecule has 0 unspecified atom stereocenters. The lowest BCUT2D eigenvalue weighted by Crippen LogP contribution is -2.36. The molecule has 0 aromatic heterocycles. The average Bonchev–Trinajstić information content (AvgIpc) is 2.50. The summed E-state index contributed by atoms with van der Waals surface area (Å²) >= 11 is 5.70. The highest BCUT2D eigenvalue weighted by Crippen LogP contribution is 2.02. The highest BCUT2D eigenvalue weighted by Gasteiger charge is 2.14. The highest BCUT2D eigenvalue weighted by molar-refractivity contribution is 6.18. The standard InChI is InChI=1S/C15H20ClNO4/c1-2-6-14(18)21-13(9-16)10-17-15(19)20-11-12-7-4-3-5-8-12/h3-5,7-8,13H,2,6,9-11H2,1H3,(H,17,19)/t13-/m1/s1. The minimum absolute atomic E-state index is 0.119. The lowest BCUT2D eigenvalue weighted by molar-refractivity contribution is -0.147. The average molecular weight is 314 g/mol. The number of amides is 1. The molecular formula is C15H20ClNO4. The summed E-state index contributed by atoms with van der Waals surface area (Å²) in [4.78, 5) is 22.9. The molecule has 1 aromatic rings. The maximum Gasteiger partial charge on any atom is 0.407 e. The number of alkyl carbamates (subject to hydrolysis) is 1. The van der Waals surface area contributed by atoms with Crippen LogP contribution < -0.4 is 5.32 Å². The molecule has 0 spiro atoms. The molecule has 0 aliphatic rings. The highest BCUT2D eigenvalue weighted by atomic mass is 35.5. The van der Waals surface area contributed by atoms with Gasteiger partial charge in [0, 0.05) is 6.42 Å². The summed E-state index contributed by atoms with van der Waals surface area (Å²) in [6.45, 7) is 2.20. The zero-order chi connectivity index (χ0) is 15.5. The zero-order valence-electron chi connectivity index (χ0n) is 12.0. The van der Waals surface area contributed by atoms with Crippen molar-refractivity contribution < 1.29 is 19.1 Å². The van der Waals surface area contributed by atoms with Gasteiger partial charge in [0.25, 0.3) is 0 Å². The van der Waals surface area contributed by atoms with Crippen LogP contribution in [0.2, 0.25) is 0 Å². The van der Waals surface area contributed by atoms with Crippen LogP contribution in [0.15, 0.2) is 30.3 Å². The molecule has 5 nitrogen and oxygen atoms in total.